The van der Waals surface area contributed by atoms with E-state index in [4.69, 9.17) is 19.3 Å². The van der Waals surface area contributed by atoms with Crippen LogP contribution in [0.4, 0.5) is 10.5 Å². The van der Waals surface area contributed by atoms with Gasteiger partial charge in [0.15, 0.2) is 6.10 Å². The first-order valence-electron chi connectivity index (χ1n) is 10.4. The van der Waals surface area contributed by atoms with E-state index in [9.17, 15) is 9.90 Å². The monoisotopic (exact) mass is 437 g/mol. The Bertz CT molecular complexity index is 934. The minimum atomic E-state index is -0.794. The smallest absolute Gasteiger partial charge is 0.412 e. The summed E-state index contributed by atoms with van der Waals surface area (Å²) in [5.74, 6) is 1.18. The molecule has 0 unspecified atom stereocenters. The van der Waals surface area contributed by atoms with Gasteiger partial charge >= 0.3 is 6.09 Å². The van der Waals surface area contributed by atoms with Crippen LogP contribution in [-0.4, -0.2) is 42.2 Å². The van der Waals surface area contributed by atoms with Gasteiger partial charge in [0, 0.05) is 18.7 Å². The number of hydrogen-bond donors (Lipinski definition) is 3. The maximum atomic E-state index is 12.7. The summed E-state index contributed by atoms with van der Waals surface area (Å²) in [6.45, 7) is -0.0466. The highest BCUT2D eigenvalue weighted by Crippen LogP contribution is 2.29. The Labute approximate surface area is 187 Å². The number of carbonyl (C=O) groups excluding carboxylic acids is 1. The number of rotatable bonds is 11. The summed E-state index contributed by atoms with van der Waals surface area (Å²) >= 11 is 0. The second kappa shape index (κ2) is 12.3. The summed E-state index contributed by atoms with van der Waals surface area (Å²) in [7, 11) is 0. The van der Waals surface area contributed by atoms with E-state index >= 15 is 0 Å². The minimum Gasteiger partial charge on any atom is -0.491 e. The molecule has 3 rings (SSSR count). The molecular weight excluding hydrogens is 410 g/mol. The lowest BCUT2D eigenvalue weighted by molar-refractivity contribution is 0.00906. The standard InChI is InChI=1S/C25H27NO6/c27-16-15-23(31-22-9-5-2-6-10-22)24(19-11-13-21(14-12-19)30-18-17-28)32-25(29)26-20-7-3-1-4-8-20/h1-14,23-24,27-28H,15-18H2,(H,26,29)/t23-,24-/m1/s1. The van der Waals surface area contributed by atoms with Crippen LogP contribution in [0.1, 0.15) is 18.1 Å². The Morgan fingerprint density at radius 3 is 2.09 bits per heavy atom. The molecule has 3 aromatic carbocycles. The second-order valence-electron chi connectivity index (χ2n) is 6.94. The summed E-state index contributed by atoms with van der Waals surface area (Å²) in [4.78, 5) is 12.7. The van der Waals surface area contributed by atoms with Crippen LogP contribution in [0.5, 0.6) is 11.5 Å². The van der Waals surface area contributed by atoms with Crippen molar-refractivity contribution >= 4 is 11.8 Å². The maximum Gasteiger partial charge on any atom is 0.412 e. The van der Waals surface area contributed by atoms with E-state index in [2.05, 4.69) is 5.32 Å². The lowest BCUT2D eigenvalue weighted by Gasteiger charge is -2.28. The molecule has 0 spiro atoms. The van der Waals surface area contributed by atoms with Crippen molar-refractivity contribution in [1.29, 1.82) is 0 Å². The number of aliphatic hydroxyl groups is 2. The molecule has 2 atom stereocenters. The normalized spacial score (nSPS) is 12.4. The van der Waals surface area contributed by atoms with Gasteiger partial charge in [-0.1, -0.05) is 48.5 Å². The molecule has 0 fully saturated rings. The molecule has 168 valence electrons. The topological polar surface area (TPSA) is 97.3 Å². The molecule has 0 aromatic heterocycles. The van der Waals surface area contributed by atoms with Gasteiger partial charge < -0.3 is 24.4 Å². The summed E-state index contributed by atoms with van der Waals surface area (Å²) in [5.41, 5.74) is 1.28. The second-order valence-corrected chi connectivity index (χ2v) is 6.94. The fourth-order valence-electron chi connectivity index (χ4n) is 3.13. The zero-order valence-electron chi connectivity index (χ0n) is 17.6. The van der Waals surface area contributed by atoms with Gasteiger partial charge in [0.1, 0.15) is 24.2 Å². The third-order valence-electron chi connectivity index (χ3n) is 4.60. The number of ether oxygens (including phenoxy) is 3. The van der Waals surface area contributed by atoms with Crippen molar-refractivity contribution in [1.82, 2.24) is 0 Å². The Kier molecular flexibility index (Phi) is 8.92. The van der Waals surface area contributed by atoms with Crippen LogP contribution in [0, 0.1) is 0 Å². The molecule has 0 heterocycles. The molecular formula is C25H27NO6. The van der Waals surface area contributed by atoms with E-state index in [1.165, 1.54) is 0 Å². The van der Waals surface area contributed by atoms with Gasteiger partial charge in [-0.15, -0.1) is 0 Å². The lowest BCUT2D eigenvalue weighted by Crippen LogP contribution is -2.31. The lowest BCUT2D eigenvalue weighted by atomic mass is 10.0. The van der Waals surface area contributed by atoms with Crippen molar-refractivity contribution < 1.29 is 29.2 Å². The fraction of sp³-hybridized carbons (Fsp3) is 0.240. The molecule has 0 saturated heterocycles. The third-order valence-corrected chi connectivity index (χ3v) is 4.60. The first-order valence-corrected chi connectivity index (χ1v) is 10.4. The van der Waals surface area contributed by atoms with Crippen LogP contribution in [0.15, 0.2) is 84.9 Å². The molecule has 3 aromatic rings. The number of amides is 1. The van der Waals surface area contributed by atoms with E-state index in [-0.39, 0.29) is 26.2 Å². The Morgan fingerprint density at radius 2 is 1.47 bits per heavy atom. The number of aliphatic hydroxyl groups excluding tert-OH is 2. The molecule has 0 saturated carbocycles. The van der Waals surface area contributed by atoms with Gasteiger partial charge in [-0.3, -0.25) is 5.32 Å². The number of carbonyl (C=O) groups is 1. The van der Waals surface area contributed by atoms with Crippen molar-refractivity contribution in [2.24, 2.45) is 0 Å². The predicted molar refractivity (Wildman–Crippen MR) is 121 cm³/mol. The maximum absolute atomic E-state index is 12.7. The van der Waals surface area contributed by atoms with E-state index in [1.54, 1.807) is 48.5 Å². The average molecular weight is 437 g/mol. The van der Waals surface area contributed by atoms with Crippen LogP contribution < -0.4 is 14.8 Å². The van der Waals surface area contributed by atoms with Gasteiger partial charge in [-0.2, -0.15) is 0 Å². The Hall–Kier alpha value is -3.55. The predicted octanol–water partition coefficient (Wildman–Crippen LogP) is 4.18. The highest BCUT2D eigenvalue weighted by atomic mass is 16.6. The van der Waals surface area contributed by atoms with Crippen molar-refractivity contribution in [2.75, 3.05) is 25.1 Å². The van der Waals surface area contributed by atoms with E-state index in [1.807, 2.05) is 36.4 Å². The molecule has 0 radical (unpaired) electrons. The summed E-state index contributed by atoms with van der Waals surface area (Å²) in [6.07, 6.45) is -1.81. The van der Waals surface area contributed by atoms with Gasteiger partial charge in [0.25, 0.3) is 0 Å². The van der Waals surface area contributed by atoms with Crippen molar-refractivity contribution in [3.8, 4) is 11.5 Å². The largest absolute Gasteiger partial charge is 0.491 e. The SMILES string of the molecule is O=C(Nc1ccccc1)O[C@H](c1ccc(OCCO)cc1)[C@@H](CCO)Oc1ccccc1. The van der Waals surface area contributed by atoms with Crippen LogP contribution in [0.25, 0.3) is 0 Å². The minimum absolute atomic E-state index is 0.0867. The Morgan fingerprint density at radius 1 is 0.812 bits per heavy atom. The molecule has 0 aliphatic rings. The molecule has 7 heteroatoms. The highest BCUT2D eigenvalue weighted by molar-refractivity contribution is 5.84. The van der Waals surface area contributed by atoms with E-state index in [0.29, 0.717) is 22.7 Å². The molecule has 32 heavy (non-hydrogen) atoms. The van der Waals surface area contributed by atoms with Gasteiger partial charge in [0.2, 0.25) is 0 Å². The Balaban J connectivity index is 1.83. The number of anilines is 1. The molecule has 0 aliphatic heterocycles. The van der Waals surface area contributed by atoms with Crippen molar-refractivity contribution in [2.45, 2.75) is 18.6 Å². The summed E-state index contributed by atoms with van der Waals surface area (Å²) in [5, 5.41) is 21.3. The fourth-order valence-corrected chi connectivity index (χ4v) is 3.13. The van der Waals surface area contributed by atoms with Crippen molar-refractivity contribution in [3.63, 3.8) is 0 Å². The quantitative estimate of drug-likeness (QED) is 0.416. The first kappa shape index (κ1) is 23.1. The first-order chi connectivity index (χ1) is 15.7. The number of benzene rings is 3. The molecule has 0 bridgehead atoms. The van der Waals surface area contributed by atoms with Crippen molar-refractivity contribution in [3.05, 3.63) is 90.5 Å². The van der Waals surface area contributed by atoms with Gasteiger partial charge in [-0.25, -0.2) is 4.79 Å². The van der Waals surface area contributed by atoms with Crippen LogP contribution >= 0.6 is 0 Å². The summed E-state index contributed by atoms with van der Waals surface area (Å²) < 4.78 is 17.3. The molecule has 7 nitrogen and oxygen atoms in total. The third kappa shape index (κ3) is 7.01. The van der Waals surface area contributed by atoms with E-state index < -0.39 is 18.3 Å². The molecule has 3 N–H and O–H groups in total. The highest BCUT2D eigenvalue weighted by Gasteiger charge is 2.29. The molecule has 1 amide bonds. The molecule has 0 aliphatic carbocycles. The van der Waals surface area contributed by atoms with Gasteiger partial charge in [-0.05, 0) is 42.0 Å². The van der Waals surface area contributed by atoms with Gasteiger partial charge in [0.05, 0.1) is 6.61 Å². The van der Waals surface area contributed by atoms with E-state index in [0.717, 1.165) is 0 Å². The van der Waals surface area contributed by atoms with Crippen LogP contribution in [-0.2, 0) is 4.74 Å². The number of nitrogens with one attached hydrogen (secondary N) is 1. The summed E-state index contributed by atoms with van der Waals surface area (Å²) in [6, 6.07) is 25.2. The number of para-hydroxylation sites is 2. The van der Waals surface area contributed by atoms with Crippen LogP contribution in [0.3, 0.4) is 0 Å². The van der Waals surface area contributed by atoms with Crippen LogP contribution in [0.2, 0.25) is 0 Å². The zero-order valence-corrected chi connectivity index (χ0v) is 17.6. The average Bonchev–Trinajstić information content (AvgIpc) is 2.83. The number of hydrogen-bond acceptors (Lipinski definition) is 6. The zero-order chi connectivity index (χ0) is 22.6.